The molecule has 1 aromatic heterocycles. The Morgan fingerprint density at radius 2 is 1.57 bits per heavy atom. The van der Waals surface area contributed by atoms with E-state index in [0.717, 1.165) is 49.3 Å². The van der Waals surface area contributed by atoms with Crippen LogP contribution in [0.4, 0.5) is 17.5 Å². The Balaban J connectivity index is 0.00000218. The molecule has 0 bridgehead atoms. The van der Waals surface area contributed by atoms with E-state index in [1.54, 1.807) is 0 Å². The van der Waals surface area contributed by atoms with E-state index < -0.39 is 0 Å². The zero-order valence-corrected chi connectivity index (χ0v) is 17.5. The quantitative estimate of drug-likeness (QED) is 0.525. The second-order valence-electron chi connectivity index (χ2n) is 7.58. The monoisotopic (exact) mass is 420 g/mol. The molecule has 0 spiro atoms. The molecule has 5 rings (SSSR count). The van der Waals surface area contributed by atoms with Crippen LogP contribution in [0.5, 0.6) is 0 Å². The number of anilines is 3. The summed E-state index contributed by atoms with van der Waals surface area (Å²) in [6.45, 7) is 4.85. The highest BCUT2D eigenvalue weighted by atomic mass is 35.5. The van der Waals surface area contributed by atoms with E-state index in [1.807, 2.05) is 12.1 Å². The van der Waals surface area contributed by atoms with Crippen molar-refractivity contribution in [2.45, 2.75) is 6.54 Å². The van der Waals surface area contributed by atoms with Gasteiger partial charge in [0.05, 0.1) is 10.9 Å². The molecule has 3 aromatic carbocycles. The first kappa shape index (κ1) is 20.2. The fraction of sp³-hybridized carbons (Fsp3) is 0.217. The van der Waals surface area contributed by atoms with E-state index in [2.05, 4.69) is 68.3 Å². The average molecular weight is 421 g/mol. The number of piperazine rings is 1. The highest BCUT2D eigenvalue weighted by Crippen LogP contribution is 2.31. The third-order valence-electron chi connectivity index (χ3n) is 5.68. The van der Waals surface area contributed by atoms with Gasteiger partial charge in [-0.3, -0.25) is 4.90 Å². The van der Waals surface area contributed by atoms with Crippen LogP contribution in [0.25, 0.3) is 21.7 Å². The number of halogens is 1. The van der Waals surface area contributed by atoms with Crippen LogP contribution in [-0.4, -0.2) is 41.0 Å². The van der Waals surface area contributed by atoms with Crippen molar-refractivity contribution in [3.05, 3.63) is 66.2 Å². The number of nitrogens with zero attached hydrogens (tertiary/aromatic N) is 4. The molecule has 0 atom stereocenters. The van der Waals surface area contributed by atoms with Gasteiger partial charge in [-0.25, -0.2) is 4.98 Å². The Labute approximate surface area is 181 Å². The molecule has 2 heterocycles. The summed E-state index contributed by atoms with van der Waals surface area (Å²) in [5.41, 5.74) is 15.2. The van der Waals surface area contributed by atoms with Crippen molar-refractivity contribution in [2.24, 2.45) is 0 Å². The van der Waals surface area contributed by atoms with Crippen LogP contribution in [0.1, 0.15) is 5.56 Å². The lowest BCUT2D eigenvalue weighted by Crippen LogP contribution is -2.46. The molecule has 4 N–H and O–H groups in total. The fourth-order valence-corrected chi connectivity index (χ4v) is 4.22. The maximum Gasteiger partial charge on any atom is 0.222 e. The van der Waals surface area contributed by atoms with Gasteiger partial charge in [-0.05, 0) is 34.5 Å². The molecule has 4 aromatic rings. The number of fused-ring (bicyclic) bond motifs is 2. The zero-order chi connectivity index (χ0) is 19.8. The van der Waals surface area contributed by atoms with E-state index in [1.165, 1.54) is 16.3 Å². The van der Waals surface area contributed by atoms with Crippen molar-refractivity contribution >= 4 is 51.5 Å². The lowest BCUT2D eigenvalue weighted by molar-refractivity contribution is 0.250. The summed E-state index contributed by atoms with van der Waals surface area (Å²) < 4.78 is 0. The Bertz CT molecular complexity index is 1190. The Morgan fingerprint density at radius 1 is 0.800 bits per heavy atom. The average Bonchev–Trinajstić information content (AvgIpc) is 2.73. The third-order valence-corrected chi connectivity index (χ3v) is 5.68. The normalized spacial score (nSPS) is 14.7. The van der Waals surface area contributed by atoms with Crippen molar-refractivity contribution in [1.29, 1.82) is 0 Å². The van der Waals surface area contributed by atoms with E-state index >= 15 is 0 Å². The van der Waals surface area contributed by atoms with E-state index in [-0.39, 0.29) is 18.4 Å². The molecule has 0 saturated carbocycles. The number of nitrogen functional groups attached to an aromatic ring is 2. The van der Waals surface area contributed by atoms with Crippen LogP contribution in [0.2, 0.25) is 0 Å². The maximum absolute atomic E-state index is 6.17. The van der Waals surface area contributed by atoms with Gasteiger partial charge in [0.15, 0.2) is 0 Å². The van der Waals surface area contributed by atoms with Crippen LogP contribution in [0, 0.1) is 0 Å². The summed E-state index contributed by atoms with van der Waals surface area (Å²) >= 11 is 0. The fourth-order valence-electron chi connectivity index (χ4n) is 4.22. The Hall–Kier alpha value is -3.09. The third kappa shape index (κ3) is 3.84. The lowest BCUT2D eigenvalue weighted by Gasteiger charge is -2.36. The highest BCUT2D eigenvalue weighted by molar-refractivity contribution is 5.99. The lowest BCUT2D eigenvalue weighted by atomic mass is 10.1. The molecule has 30 heavy (non-hydrogen) atoms. The van der Waals surface area contributed by atoms with Gasteiger partial charge < -0.3 is 16.4 Å². The van der Waals surface area contributed by atoms with Crippen molar-refractivity contribution in [3.63, 3.8) is 0 Å². The SMILES string of the molecule is Cl.Nc1nc(N)c2c(N3CCN(Cc4ccc5ccccc5c4)CC3)cccc2n1. The minimum Gasteiger partial charge on any atom is -0.383 e. The molecule has 0 radical (unpaired) electrons. The largest absolute Gasteiger partial charge is 0.383 e. The van der Waals surface area contributed by atoms with Crippen molar-refractivity contribution in [3.8, 4) is 0 Å². The standard InChI is InChI=1S/C23H24N6.ClH/c24-22-21-19(26-23(25)27-22)6-3-7-20(21)29-12-10-28(11-13-29)15-16-8-9-17-4-1-2-5-18(17)14-16;/h1-9,14H,10-13,15H2,(H4,24,25,26,27);1H. The molecule has 0 amide bonds. The molecular weight excluding hydrogens is 396 g/mol. The van der Waals surface area contributed by atoms with Crippen LogP contribution < -0.4 is 16.4 Å². The van der Waals surface area contributed by atoms with Crippen LogP contribution in [0.15, 0.2) is 60.7 Å². The van der Waals surface area contributed by atoms with Crippen LogP contribution >= 0.6 is 12.4 Å². The highest BCUT2D eigenvalue weighted by Gasteiger charge is 2.20. The predicted octanol–water partition coefficient (Wildman–Crippen LogP) is 3.69. The van der Waals surface area contributed by atoms with Crippen molar-refractivity contribution in [2.75, 3.05) is 42.5 Å². The Morgan fingerprint density at radius 3 is 2.37 bits per heavy atom. The van der Waals surface area contributed by atoms with Gasteiger partial charge in [0.1, 0.15) is 5.82 Å². The van der Waals surface area contributed by atoms with E-state index in [0.29, 0.717) is 5.82 Å². The first-order valence-corrected chi connectivity index (χ1v) is 9.94. The second-order valence-corrected chi connectivity index (χ2v) is 7.58. The summed E-state index contributed by atoms with van der Waals surface area (Å²) in [5, 5.41) is 3.48. The van der Waals surface area contributed by atoms with Gasteiger partial charge >= 0.3 is 0 Å². The molecule has 1 saturated heterocycles. The van der Waals surface area contributed by atoms with Crippen molar-refractivity contribution in [1.82, 2.24) is 14.9 Å². The molecule has 0 aliphatic carbocycles. The molecular formula is C23H25ClN6. The first-order valence-electron chi connectivity index (χ1n) is 9.94. The minimum absolute atomic E-state index is 0. The molecule has 1 aliphatic rings. The molecule has 6 nitrogen and oxygen atoms in total. The van der Waals surface area contributed by atoms with Crippen LogP contribution in [-0.2, 0) is 6.54 Å². The molecule has 7 heteroatoms. The van der Waals surface area contributed by atoms with Gasteiger partial charge in [0, 0.05) is 38.4 Å². The number of hydrogen-bond acceptors (Lipinski definition) is 6. The number of nitrogens with two attached hydrogens (primary N) is 2. The number of benzene rings is 3. The summed E-state index contributed by atoms with van der Waals surface area (Å²) in [7, 11) is 0. The maximum atomic E-state index is 6.17. The first-order chi connectivity index (χ1) is 14.2. The number of hydrogen-bond donors (Lipinski definition) is 2. The van der Waals surface area contributed by atoms with Crippen LogP contribution in [0.3, 0.4) is 0 Å². The Kier molecular flexibility index (Phi) is 5.61. The van der Waals surface area contributed by atoms with Crippen molar-refractivity contribution < 1.29 is 0 Å². The number of aromatic nitrogens is 2. The topological polar surface area (TPSA) is 84.3 Å². The molecule has 0 unspecified atom stereocenters. The smallest absolute Gasteiger partial charge is 0.222 e. The molecule has 154 valence electrons. The second kappa shape index (κ2) is 8.34. The molecule has 1 aliphatic heterocycles. The van der Waals surface area contributed by atoms with Gasteiger partial charge in [0.2, 0.25) is 5.95 Å². The van der Waals surface area contributed by atoms with E-state index in [4.69, 9.17) is 11.5 Å². The zero-order valence-electron chi connectivity index (χ0n) is 16.7. The van der Waals surface area contributed by atoms with Gasteiger partial charge in [-0.2, -0.15) is 4.98 Å². The van der Waals surface area contributed by atoms with Gasteiger partial charge in [-0.15, -0.1) is 12.4 Å². The summed E-state index contributed by atoms with van der Waals surface area (Å²) in [4.78, 5) is 13.4. The summed E-state index contributed by atoms with van der Waals surface area (Å²) in [6.07, 6.45) is 0. The van der Waals surface area contributed by atoms with Gasteiger partial charge in [-0.1, -0.05) is 42.5 Å². The predicted molar refractivity (Wildman–Crippen MR) is 127 cm³/mol. The molecule has 1 fully saturated rings. The number of rotatable bonds is 3. The van der Waals surface area contributed by atoms with Gasteiger partial charge in [0.25, 0.3) is 0 Å². The minimum atomic E-state index is 0. The summed E-state index contributed by atoms with van der Waals surface area (Å²) in [6, 6.07) is 21.3. The summed E-state index contributed by atoms with van der Waals surface area (Å²) in [5.74, 6) is 0.661. The van der Waals surface area contributed by atoms with E-state index in [9.17, 15) is 0 Å².